The van der Waals surface area contributed by atoms with Crippen LogP contribution in [0.3, 0.4) is 0 Å². The van der Waals surface area contributed by atoms with Gasteiger partial charge in [0.1, 0.15) is 12.4 Å². The van der Waals surface area contributed by atoms with E-state index >= 15 is 0 Å². The van der Waals surface area contributed by atoms with Gasteiger partial charge in [-0.3, -0.25) is 0 Å². The third-order valence-corrected chi connectivity index (χ3v) is 8.77. The number of piperazine rings is 1. The molecule has 32 heavy (non-hydrogen) atoms. The number of likely N-dealkylation sites (N-methyl/N-ethyl adjacent to an activating group) is 1. The Morgan fingerprint density at radius 2 is 2.00 bits per heavy atom. The fraction of sp³-hybridized carbons (Fsp3) is 0.773. The van der Waals surface area contributed by atoms with E-state index in [1.807, 2.05) is 0 Å². The summed E-state index contributed by atoms with van der Waals surface area (Å²) in [6.07, 6.45) is 2.44. The highest BCUT2D eigenvalue weighted by molar-refractivity contribution is 6.76. The zero-order chi connectivity index (χ0) is 22.9. The largest absolute Gasteiger partial charge is 0.465 e. The third-order valence-electron chi connectivity index (χ3n) is 6.98. The Kier molecular flexibility index (Phi) is 6.92. The lowest BCUT2D eigenvalue weighted by Gasteiger charge is -2.41. The van der Waals surface area contributed by atoms with E-state index in [0.29, 0.717) is 38.3 Å². The summed E-state index contributed by atoms with van der Waals surface area (Å²) in [5.74, 6) is 0.915. The molecule has 3 aliphatic rings. The van der Waals surface area contributed by atoms with E-state index < -0.39 is 14.2 Å². The summed E-state index contributed by atoms with van der Waals surface area (Å²) in [6.45, 7) is 12.0. The Hall–Kier alpha value is -1.91. The van der Waals surface area contributed by atoms with Crippen LogP contribution in [0.2, 0.25) is 25.7 Å². The average molecular weight is 463 g/mol. The highest BCUT2D eigenvalue weighted by Crippen LogP contribution is 2.30. The molecule has 2 saturated heterocycles. The molecule has 0 saturated carbocycles. The highest BCUT2D eigenvalue weighted by atomic mass is 28.3. The first-order valence-corrected chi connectivity index (χ1v) is 15.6. The summed E-state index contributed by atoms with van der Waals surface area (Å²) < 4.78 is 6.08. The summed E-state index contributed by atoms with van der Waals surface area (Å²) in [4.78, 5) is 27.6. The number of carboxylic acid groups (broad SMARTS) is 1. The van der Waals surface area contributed by atoms with Crippen molar-refractivity contribution in [1.29, 1.82) is 0 Å². The summed E-state index contributed by atoms with van der Waals surface area (Å²) >= 11 is 0. The molecule has 0 spiro atoms. The molecule has 0 radical (unpaired) electrons. The van der Waals surface area contributed by atoms with Crippen molar-refractivity contribution in [3.63, 3.8) is 0 Å². The molecule has 1 unspecified atom stereocenters. The van der Waals surface area contributed by atoms with Crippen LogP contribution in [0.15, 0.2) is 0 Å². The standard InChI is InChI=1S/C22H38N6O3Si/c1-26-8-5-6-17(26)15-31-21-24-19-13-23-12-18(19)20(25-21)27-9-10-28(22(29)30)16(14-27)7-11-32(2,3)4/h16-17,23H,5-15H2,1-4H3,(H,29,30)/t16-,17?/m0/s1. The maximum atomic E-state index is 11.9. The van der Waals surface area contributed by atoms with E-state index in [1.165, 1.54) is 6.42 Å². The van der Waals surface area contributed by atoms with Gasteiger partial charge in [0.05, 0.1) is 11.7 Å². The fourth-order valence-electron chi connectivity index (χ4n) is 4.96. The molecular formula is C22H38N6O3Si. The molecular weight excluding hydrogens is 424 g/mol. The lowest BCUT2D eigenvalue weighted by molar-refractivity contribution is 0.116. The number of anilines is 1. The van der Waals surface area contributed by atoms with Crippen LogP contribution in [0.5, 0.6) is 6.01 Å². The van der Waals surface area contributed by atoms with Crippen molar-refractivity contribution < 1.29 is 14.6 Å². The van der Waals surface area contributed by atoms with Gasteiger partial charge in [-0.1, -0.05) is 25.7 Å². The molecule has 4 heterocycles. The van der Waals surface area contributed by atoms with Gasteiger partial charge in [0.2, 0.25) is 0 Å². The Morgan fingerprint density at radius 3 is 2.69 bits per heavy atom. The average Bonchev–Trinajstić information content (AvgIpc) is 3.37. The van der Waals surface area contributed by atoms with Crippen molar-refractivity contribution in [3.05, 3.63) is 11.3 Å². The van der Waals surface area contributed by atoms with Crippen LogP contribution in [0.4, 0.5) is 10.6 Å². The fourth-order valence-corrected chi connectivity index (χ4v) is 6.16. The molecule has 178 valence electrons. The SMILES string of the molecule is CN1CCCC1COc1nc2c(c(N3CCN(C(=O)O)[C@@H](CC[Si](C)(C)C)C3)n1)CNC2. The summed E-state index contributed by atoms with van der Waals surface area (Å²) in [7, 11) is 0.882. The van der Waals surface area contributed by atoms with E-state index in [0.717, 1.165) is 55.6 Å². The Morgan fingerprint density at radius 1 is 1.19 bits per heavy atom. The maximum absolute atomic E-state index is 11.9. The number of hydrogen-bond acceptors (Lipinski definition) is 7. The molecule has 3 aliphatic heterocycles. The molecule has 0 aromatic carbocycles. The molecule has 4 rings (SSSR count). The normalized spacial score (nSPS) is 24.1. The van der Waals surface area contributed by atoms with Crippen LogP contribution in [-0.2, 0) is 13.1 Å². The van der Waals surface area contributed by atoms with Gasteiger partial charge in [0.15, 0.2) is 0 Å². The number of hydrogen-bond donors (Lipinski definition) is 2. The molecule has 1 amide bonds. The van der Waals surface area contributed by atoms with Crippen LogP contribution in [0, 0.1) is 0 Å². The molecule has 1 aromatic heterocycles. The first kappa shape index (κ1) is 23.3. The molecule has 9 nitrogen and oxygen atoms in total. The minimum atomic E-state index is -1.26. The van der Waals surface area contributed by atoms with Crippen LogP contribution in [-0.4, -0.2) is 91.0 Å². The summed E-state index contributed by atoms with van der Waals surface area (Å²) in [5.41, 5.74) is 2.13. The Balaban J connectivity index is 1.52. The van der Waals surface area contributed by atoms with E-state index in [4.69, 9.17) is 9.72 Å². The van der Waals surface area contributed by atoms with Crippen LogP contribution in [0.25, 0.3) is 0 Å². The van der Waals surface area contributed by atoms with Gasteiger partial charge in [0.25, 0.3) is 0 Å². The predicted molar refractivity (Wildman–Crippen MR) is 127 cm³/mol. The maximum Gasteiger partial charge on any atom is 0.407 e. The van der Waals surface area contributed by atoms with Gasteiger partial charge >= 0.3 is 12.1 Å². The second-order valence-corrected chi connectivity index (χ2v) is 16.2. The van der Waals surface area contributed by atoms with Crippen molar-refractivity contribution in [1.82, 2.24) is 25.1 Å². The zero-order valence-electron chi connectivity index (χ0n) is 19.9. The minimum absolute atomic E-state index is 0.00976. The monoisotopic (exact) mass is 462 g/mol. The molecule has 0 aliphatic carbocycles. The van der Waals surface area contributed by atoms with Crippen molar-refractivity contribution >= 4 is 20.0 Å². The van der Waals surface area contributed by atoms with Crippen molar-refractivity contribution in [2.45, 2.75) is 70.1 Å². The highest BCUT2D eigenvalue weighted by Gasteiger charge is 2.34. The number of nitrogens with zero attached hydrogens (tertiary/aromatic N) is 5. The molecule has 0 bridgehead atoms. The number of nitrogens with one attached hydrogen (secondary N) is 1. The van der Waals surface area contributed by atoms with E-state index in [1.54, 1.807) is 4.90 Å². The predicted octanol–water partition coefficient (Wildman–Crippen LogP) is 2.45. The Bertz CT molecular complexity index is 833. The van der Waals surface area contributed by atoms with Crippen LogP contribution >= 0.6 is 0 Å². The summed E-state index contributed by atoms with van der Waals surface area (Å²) in [6, 6.07) is 1.96. The molecule has 2 N–H and O–H groups in total. The van der Waals surface area contributed by atoms with Gasteiger partial charge < -0.3 is 29.9 Å². The third kappa shape index (κ3) is 5.35. The van der Waals surface area contributed by atoms with Gasteiger partial charge in [-0.2, -0.15) is 9.97 Å². The van der Waals surface area contributed by atoms with Crippen molar-refractivity contribution in [2.24, 2.45) is 0 Å². The number of amides is 1. The lowest BCUT2D eigenvalue weighted by atomic mass is 10.1. The van der Waals surface area contributed by atoms with Gasteiger partial charge in [-0.05, 0) is 32.9 Å². The second-order valence-electron chi connectivity index (χ2n) is 10.6. The molecule has 2 atom stereocenters. The van der Waals surface area contributed by atoms with Crippen LogP contribution in [0.1, 0.15) is 30.5 Å². The van der Waals surface area contributed by atoms with Crippen molar-refractivity contribution in [3.8, 4) is 6.01 Å². The molecule has 2 fully saturated rings. The second kappa shape index (κ2) is 9.52. The summed E-state index contributed by atoms with van der Waals surface area (Å²) in [5, 5.41) is 13.1. The number of likely N-dealkylation sites (tertiary alicyclic amines) is 1. The van der Waals surface area contributed by atoms with Crippen LogP contribution < -0.4 is 15.0 Å². The molecule has 10 heteroatoms. The number of aromatic nitrogens is 2. The topological polar surface area (TPSA) is 94.1 Å². The minimum Gasteiger partial charge on any atom is -0.465 e. The van der Waals surface area contributed by atoms with Gasteiger partial charge in [-0.25, -0.2) is 4.79 Å². The quantitative estimate of drug-likeness (QED) is 0.597. The number of carbonyl (C=O) groups is 1. The molecule has 1 aromatic rings. The first-order chi connectivity index (χ1) is 15.2. The zero-order valence-corrected chi connectivity index (χ0v) is 20.9. The first-order valence-electron chi connectivity index (χ1n) is 11.9. The number of fused-ring (bicyclic) bond motifs is 1. The lowest BCUT2D eigenvalue weighted by Crippen LogP contribution is -2.55. The smallest absolute Gasteiger partial charge is 0.407 e. The number of ether oxygens (including phenoxy) is 1. The van der Waals surface area contributed by atoms with Gasteiger partial charge in [0, 0.05) is 52.4 Å². The van der Waals surface area contributed by atoms with E-state index in [9.17, 15) is 9.90 Å². The number of rotatable bonds is 7. The van der Waals surface area contributed by atoms with Gasteiger partial charge in [-0.15, -0.1) is 0 Å². The van der Waals surface area contributed by atoms with Crippen molar-refractivity contribution in [2.75, 3.05) is 44.7 Å². The van der Waals surface area contributed by atoms with E-state index in [2.05, 4.69) is 46.8 Å². The Labute approximate surface area is 192 Å². The van der Waals surface area contributed by atoms with E-state index in [-0.39, 0.29) is 6.04 Å².